The van der Waals surface area contributed by atoms with Crippen LogP contribution in [0.4, 0.5) is 11.4 Å². The second-order valence-electron chi connectivity index (χ2n) is 6.42. The van der Waals surface area contributed by atoms with Gasteiger partial charge in [-0.25, -0.2) is 0 Å². The zero-order valence-electron chi connectivity index (χ0n) is 15.9. The maximum absolute atomic E-state index is 12.8. The Kier molecular flexibility index (Phi) is 6.40. The van der Waals surface area contributed by atoms with Gasteiger partial charge in [0.15, 0.2) is 11.9 Å². The van der Waals surface area contributed by atoms with Gasteiger partial charge < -0.3 is 19.7 Å². The lowest BCUT2D eigenvalue weighted by Crippen LogP contribution is -2.41. The van der Waals surface area contributed by atoms with Crippen LogP contribution in [0, 0.1) is 10.1 Å². The molecule has 9 heteroatoms. The second-order valence-corrected chi connectivity index (χ2v) is 6.42. The molecule has 29 heavy (non-hydrogen) atoms. The fourth-order valence-corrected chi connectivity index (χ4v) is 2.90. The molecule has 0 unspecified atom stereocenters. The minimum atomic E-state index is -1.01. The highest BCUT2D eigenvalue weighted by molar-refractivity contribution is 6.04. The lowest BCUT2D eigenvalue weighted by molar-refractivity contribution is -0.386. The molecular formula is C20H21N3O6. The quantitative estimate of drug-likeness (QED) is 0.590. The van der Waals surface area contributed by atoms with Gasteiger partial charge in [0.1, 0.15) is 0 Å². The molecule has 0 spiro atoms. The van der Waals surface area contributed by atoms with E-state index in [0.717, 1.165) is 0 Å². The van der Waals surface area contributed by atoms with E-state index in [2.05, 4.69) is 5.32 Å². The Bertz CT molecular complexity index is 911. The largest absolute Gasteiger partial charge is 0.474 e. The molecule has 2 aromatic carbocycles. The molecule has 0 aliphatic carbocycles. The zero-order valence-corrected chi connectivity index (χ0v) is 15.9. The second kappa shape index (κ2) is 9.16. The predicted molar refractivity (Wildman–Crippen MR) is 105 cm³/mol. The Hall–Kier alpha value is -3.46. The number of carbonyl (C=O) groups is 2. The van der Waals surface area contributed by atoms with E-state index in [1.54, 1.807) is 35.2 Å². The summed E-state index contributed by atoms with van der Waals surface area (Å²) < 4.78 is 10.8. The van der Waals surface area contributed by atoms with Crippen molar-refractivity contribution in [3.8, 4) is 5.75 Å². The monoisotopic (exact) mass is 399 g/mol. The molecule has 1 aliphatic rings. The van der Waals surface area contributed by atoms with Crippen LogP contribution in [0.2, 0.25) is 0 Å². The van der Waals surface area contributed by atoms with E-state index in [-0.39, 0.29) is 17.3 Å². The summed E-state index contributed by atoms with van der Waals surface area (Å²) in [6, 6.07) is 12.5. The molecule has 2 amide bonds. The third kappa shape index (κ3) is 4.88. The first-order valence-electron chi connectivity index (χ1n) is 9.14. The van der Waals surface area contributed by atoms with Crippen molar-refractivity contribution in [2.45, 2.75) is 13.0 Å². The van der Waals surface area contributed by atoms with E-state index >= 15 is 0 Å². The zero-order chi connectivity index (χ0) is 20.8. The fourth-order valence-electron chi connectivity index (χ4n) is 2.90. The number of nitrogens with zero attached hydrogens (tertiary/aromatic N) is 2. The van der Waals surface area contributed by atoms with Gasteiger partial charge in [0.25, 0.3) is 11.8 Å². The summed E-state index contributed by atoms with van der Waals surface area (Å²) in [5.74, 6) is -0.723. The molecular weight excluding hydrogens is 378 g/mol. The molecule has 152 valence electrons. The van der Waals surface area contributed by atoms with Crippen molar-refractivity contribution in [1.29, 1.82) is 0 Å². The van der Waals surface area contributed by atoms with Crippen molar-refractivity contribution in [2.24, 2.45) is 0 Å². The number of morpholine rings is 1. The summed E-state index contributed by atoms with van der Waals surface area (Å²) in [7, 11) is 0. The number of rotatable bonds is 6. The smallest absolute Gasteiger partial charge is 0.310 e. The number of nitrogens with one attached hydrogen (secondary N) is 1. The number of hydrogen-bond donors (Lipinski definition) is 1. The van der Waals surface area contributed by atoms with E-state index in [9.17, 15) is 19.7 Å². The van der Waals surface area contributed by atoms with E-state index in [1.807, 2.05) is 0 Å². The molecule has 1 fully saturated rings. The van der Waals surface area contributed by atoms with Crippen LogP contribution in [0.15, 0.2) is 48.5 Å². The predicted octanol–water partition coefficient (Wildman–Crippen LogP) is 2.47. The average molecular weight is 399 g/mol. The number of anilines is 1. The molecule has 1 aliphatic heterocycles. The Morgan fingerprint density at radius 2 is 1.79 bits per heavy atom. The van der Waals surface area contributed by atoms with Crippen molar-refractivity contribution < 1.29 is 24.0 Å². The van der Waals surface area contributed by atoms with Gasteiger partial charge in [-0.2, -0.15) is 0 Å². The SMILES string of the molecule is C[C@H](Oc1ccccc1[N+](=O)[O-])C(=O)Nc1ccccc1C(=O)N1CCOCC1. The van der Waals surface area contributed by atoms with E-state index in [0.29, 0.717) is 37.6 Å². The van der Waals surface area contributed by atoms with E-state index in [4.69, 9.17) is 9.47 Å². The van der Waals surface area contributed by atoms with Gasteiger partial charge in [-0.05, 0) is 25.1 Å². The highest BCUT2D eigenvalue weighted by Gasteiger charge is 2.24. The van der Waals surface area contributed by atoms with Gasteiger partial charge in [-0.15, -0.1) is 0 Å². The van der Waals surface area contributed by atoms with Crippen LogP contribution in [0.3, 0.4) is 0 Å². The first-order valence-corrected chi connectivity index (χ1v) is 9.14. The molecule has 1 heterocycles. The van der Waals surface area contributed by atoms with Gasteiger partial charge in [-0.3, -0.25) is 19.7 Å². The first kappa shape index (κ1) is 20.3. The summed E-state index contributed by atoms with van der Waals surface area (Å²) in [5.41, 5.74) is 0.489. The van der Waals surface area contributed by atoms with Crippen molar-refractivity contribution in [3.05, 3.63) is 64.2 Å². The van der Waals surface area contributed by atoms with Gasteiger partial charge in [0.05, 0.1) is 29.4 Å². The lowest BCUT2D eigenvalue weighted by Gasteiger charge is -2.27. The molecule has 0 bridgehead atoms. The fraction of sp³-hybridized carbons (Fsp3) is 0.300. The average Bonchev–Trinajstić information content (AvgIpc) is 2.74. The molecule has 1 saturated heterocycles. The van der Waals surface area contributed by atoms with Crippen LogP contribution in [0.25, 0.3) is 0 Å². The molecule has 3 rings (SSSR count). The molecule has 2 aromatic rings. The van der Waals surface area contributed by atoms with Gasteiger partial charge >= 0.3 is 5.69 Å². The molecule has 0 aromatic heterocycles. The Balaban J connectivity index is 1.72. The maximum Gasteiger partial charge on any atom is 0.310 e. The third-order valence-corrected chi connectivity index (χ3v) is 4.45. The molecule has 9 nitrogen and oxygen atoms in total. The van der Waals surface area contributed by atoms with Gasteiger partial charge in [0, 0.05) is 19.2 Å². The molecule has 0 saturated carbocycles. The summed E-state index contributed by atoms with van der Waals surface area (Å²) in [5, 5.41) is 13.8. The minimum Gasteiger partial charge on any atom is -0.474 e. The van der Waals surface area contributed by atoms with Crippen molar-refractivity contribution in [2.75, 3.05) is 31.6 Å². The van der Waals surface area contributed by atoms with Crippen LogP contribution >= 0.6 is 0 Å². The number of carbonyl (C=O) groups excluding carboxylic acids is 2. The summed E-state index contributed by atoms with van der Waals surface area (Å²) in [6.07, 6.45) is -1.01. The van der Waals surface area contributed by atoms with Crippen molar-refractivity contribution in [1.82, 2.24) is 4.90 Å². The molecule has 1 N–H and O–H groups in total. The molecule has 1 atom stereocenters. The summed E-state index contributed by atoms with van der Waals surface area (Å²) >= 11 is 0. The van der Waals surface area contributed by atoms with Crippen LogP contribution in [0.1, 0.15) is 17.3 Å². The standard InChI is InChI=1S/C20H21N3O6/c1-14(29-18-9-5-4-8-17(18)23(26)27)19(24)21-16-7-3-2-6-15(16)20(25)22-10-12-28-13-11-22/h2-9,14H,10-13H2,1H3,(H,21,24)/t14-/m0/s1. The number of nitro groups is 1. The van der Waals surface area contributed by atoms with E-state index < -0.39 is 16.9 Å². The maximum atomic E-state index is 12.8. The number of para-hydroxylation sites is 3. The highest BCUT2D eigenvalue weighted by atomic mass is 16.6. The normalized spacial score (nSPS) is 14.7. The topological polar surface area (TPSA) is 111 Å². The van der Waals surface area contributed by atoms with Crippen molar-refractivity contribution >= 4 is 23.2 Å². The van der Waals surface area contributed by atoms with Crippen LogP contribution in [-0.4, -0.2) is 54.0 Å². The van der Waals surface area contributed by atoms with E-state index in [1.165, 1.54) is 25.1 Å². The van der Waals surface area contributed by atoms with Gasteiger partial charge in [0.2, 0.25) is 0 Å². The number of nitro benzene ring substituents is 1. The molecule has 0 radical (unpaired) electrons. The minimum absolute atomic E-state index is 0.00201. The Labute approximate surface area is 167 Å². The number of amides is 2. The first-order chi connectivity index (χ1) is 14.0. The number of hydrogen-bond acceptors (Lipinski definition) is 6. The van der Waals surface area contributed by atoms with Crippen molar-refractivity contribution in [3.63, 3.8) is 0 Å². The highest BCUT2D eigenvalue weighted by Crippen LogP contribution is 2.27. The summed E-state index contributed by atoms with van der Waals surface area (Å²) in [6.45, 7) is 3.40. The Morgan fingerprint density at radius 3 is 2.52 bits per heavy atom. The number of ether oxygens (including phenoxy) is 2. The summed E-state index contributed by atoms with van der Waals surface area (Å²) in [4.78, 5) is 37.6. The number of benzene rings is 2. The lowest BCUT2D eigenvalue weighted by atomic mass is 10.1. The van der Waals surface area contributed by atoms with Crippen LogP contribution < -0.4 is 10.1 Å². The van der Waals surface area contributed by atoms with Crippen LogP contribution in [-0.2, 0) is 9.53 Å². The van der Waals surface area contributed by atoms with Crippen LogP contribution in [0.5, 0.6) is 5.75 Å². The third-order valence-electron chi connectivity index (χ3n) is 4.45. The Morgan fingerprint density at radius 1 is 1.14 bits per heavy atom. The van der Waals surface area contributed by atoms with Gasteiger partial charge in [-0.1, -0.05) is 24.3 Å².